The number of nitrogens with one attached hydrogen (secondary N) is 2. The first-order valence-corrected chi connectivity index (χ1v) is 8.44. The first-order chi connectivity index (χ1) is 13.1. The summed E-state index contributed by atoms with van der Waals surface area (Å²) in [5.41, 5.74) is 2.38. The highest BCUT2D eigenvalue weighted by Gasteiger charge is 2.13. The van der Waals surface area contributed by atoms with E-state index in [2.05, 4.69) is 20.7 Å². The van der Waals surface area contributed by atoms with Gasteiger partial charge >= 0.3 is 11.8 Å². The molecule has 3 rings (SSSR count). The summed E-state index contributed by atoms with van der Waals surface area (Å²) in [6, 6.07) is 16.8. The Kier molecular flexibility index (Phi) is 5.78. The van der Waals surface area contributed by atoms with Crippen LogP contribution < -0.4 is 15.5 Å². The first kappa shape index (κ1) is 18.1. The van der Waals surface area contributed by atoms with E-state index in [4.69, 9.17) is 0 Å². The number of nitrogens with zero attached hydrogens (tertiary/aromatic N) is 4. The lowest BCUT2D eigenvalue weighted by molar-refractivity contribution is -0.136. The smallest absolute Gasteiger partial charge is 0.313 e. The van der Waals surface area contributed by atoms with E-state index in [1.165, 1.54) is 6.33 Å². The number of hydrogen-bond donors (Lipinski definition) is 2. The molecule has 0 unspecified atom stereocenters. The van der Waals surface area contributed by atoms with Crippen LogP contribution in [0.25, 0.3) is 5.69 Å². The molecule has 8 nitrogen and oxygen atoms in total. The van der Waals surface area contributed by atoms with Gasteiger partial charge < -0.3 is 15.5 Å². The number of anilines is 2. The molecule has 1 aromatic heterocycles. The Bertz CT molecular complexity index is 878. The number of para-hydroxylation sites is 1. The predicted molar refractivity (Wildman–Crippen MR) is 103 cm³/mol. The highest BCUT2D eigenvalue weighted by atomic mass is 16.2. The van der Waals surface area contributed by atoms with Crippen LogP contribution in [0.15, 0.2) is 67.3 Å². The second kappa shape index (κ2) is 8.61. The van der Waals surface area contributed by atoms with Crippen LogP contribution in [0.4, 0.5) is 11.4 Å². The quantitative estimate of drug-likeness (QED) is 0.646. The molecule has 27 heavy (non-hydrogen) atoms. The number of likely N-dealkylation sites (N-methyl/N-ethyl adjacent to an activating group) is 1. The van der Waals surface area contributed by atoms with Crippen LogP contribution in [0.1, 0.15) is 0 Å². The molecule has 0 spiro atoms. The van der Waals surface area contributed by atoms with Crippen molar-refractivity contribution < 1.29 is 9.59 Å². The average molecular weight is 364 g/mol. The summed E-state index contributed by atoms with van der Waals surface area (Å²) in [5, 5.41) is 9.22. The van der Waals surface area contributed by atoms with Crippen LogP contribution in [0, 0.1) is 0 Å². The van der Waals surface area contributed by atoms with Crippen LogP contribution in [-0.2, 0) is 9.59 Å². The maximum Gasteiger partial charge on any atom is 0.313 e. The van der Waals surface area contributed by atoms with Gasteiger partial charge in [-0.05, 0) is 36.4 Å². The summed E-state index contributed by atoms with van der Waals surface area (Å²) < 4.78 is 1.60. The monoisotopic (exact) mass is 364 g/mol. The first-order valence-electron chi connectivity index (χ1n) is 8.44. The van der Waals surface area contributed by atoms with Crippen molar-refractivity contribution in [3.63, 3.8) is 0 Å². The third-order valence-electron chi connectivity index (χ3n) is 3.94. The van der Waals surface area contributed by atoms with Crippen molar-refractivity contribution in [3.05, 3.63) is 67.3 Å². The molecule has 8 heteroatoms. The molecule has 0 aliphatic heterocycles. The molecular formula is C19H20N6O2. The van der Waals surface area contributed by atoms with Gasteiger partial charge in [0.2, 0.25) is 0 Å². The summed E-state index contributed by atoms with van der Waals surface area (Å²) in [4.78, 5) is 29.8. The Labute approximate surface area is 156 Å². The van der Waals surface area contributed by atoms with Gasteiger partial charge in [0.05, 0.1) is 5.69 Å². The van der Waals surface area contributed by atoms with Gasteiger partial charge in [-0.2, -0.15) is 5.10 Å². The maximum absolute atomic E-state index is 12.0. The fraction of sp³-hybridized carbons (Fsp3) is 0.158. The van der Waals surface area contributed by atoms with Gasteiger partial charge in [-0.25, -0.2) is 9.67 Å². The lowest BCUT2D eigenvalue weighted by Gasteiger charge is -2.19. The van der Waals surface area contributed by atoms with Crippen molar-refractivity contribution in [3.8, 4) is 5.69 Å². The zero-order valence-corrected chi connectivity index (χ0v) is 14.9. The predicted octanol–water partition coefficient (Wildman–Crippen LogP) is 1.46. The van der Waals surface area contributed by atoms with Crippen molar-refractivity contribution >= 4 is 23.2 Å². The Morgan fingerprint density at radius 3 is 2.44 bits per heavy atom. The van der Waals surface area contributed by atoms with Gasteiger partial charge in [-0.15, -0.1) is 0 Å². The zero-order valence-electron chi connectivity index (χ0n) is 14.9. The van der Waals surface area contributed by atoms with Gasteiger partial charge in [-0.3, -0.25) is 9.59 Å². The normalized spacial score (nSPS) is 10.3. The van der Waals surface area contributed by atoms with Crippen LogP contribution in [0.3, 0.4) is 0 Å². The summed E-state index contributed by atoms with van der Waals surface area (Å²) in [5.74, 6) is -1.37. The highest BCUT2D eigenvalue weighted by Crippen LogP contribution is 2.12. The van der Waals surface area contributed by atoms with Gasteiger partial charge in [0.15, 0.2) is 0 Å². The summed E-state index contributed by atoms with van der Waals surface area (Å²) in [7, 11) is 1.93. The molecule has 0 bridgehead atoms. The van der Waals surface area contributed by atoms with Crippen LogP contribution in [-0.4, -0.2) is 46.7 Å². The Hall–Kier alpha value is -3.68. The van der Waals surface area contributed by atoms with Gasteiger partial charge in [0.1, 0.15) is 12.7 Å². The summed E-state index contributed by atoms with van der Waals surface area (Å²) >= 11 is 0. The second-order valence-electron chi connectivity index (χ2n) is 5.85. The molecule has 3 aromatic rings. The van der Waals surface area contributed by atoms with Gasteiger partial charge in [-0.1, -0.05) is 18.2 Å². The number of carbonyl (C=O) groups excluding carboxylic acids is 2. The average Bonchev–Trinajstić information content (AvgIpc) is 3.24. The largest absolute Gasteiger partial charge is 0.373 e. The zero-order chi connectivity index (χ0) is 19.1. The van der Waals surface area contributed by atoms with Crippen molar-refractivity contribution in [2.24, 2.45) is 0 Å². The van der Waals surface area contributed by atoms with E-state index < -0.39 is 11.8 Å². The molecule has 138 valence electrons. The third kappa shape index (κ3) is 4.91. The molecule has 0 radical (unpaired) electrons. The molecule has 2 aromatic carbocycles. The standard InChI is InChI=1S/C19H20N6O2/c1-24(16-5-3-2-4-6-16)12-11-21-18(26)19(27)23-15-7-9-17(10-8-15)25-14-20-13-22-25/h2-10,13-14H,11-12H2,1H3,(H,21,26)(H,23,27). The molecule has 0 atom stereocenters. The number of amides is 2. The van der Waals surface area contributed by atoms with Crippen LogP contribution >= 0.6 is 0 Å². The maximum atomic E-state index is 12.0. The van der Waals surface area contributed by atoms with E-state index in [9.17, 15) is 9.59 Å². The SMILES string of the molecule is CN(CCNC(=O)C(=O)Nc1ccc(-n2cncn2)cc1)c1ccccc1. The lowest BCUT2D eigenvalue weighted by atomic mass is 10.3. The van der Waals surface area contributed by atoms with Crippen molar-refractivity contribution in [2.75, 3.05) is 30.4 Å². The van der Waals surface area contributed by atoms with Crippen LogP contribution in [0.5, 0.6) is 0 Å². The number of benzene rings is 2. The molecule has 2 N–H and O–H groups in total. The number of hydrogen-bond acceptors (Lipinski definition) is 5. The van der Waals surface area contributed by atoms with E-state index in [-0.39, 0.29) is 0 Å². The molecule has 0 fully saturated rings. The van der Waals surface area contributed by atoms with E-state index in [0.717, 1.165) is 11.4 Å². The Balaban J connectivity index is 1.45. The van der Waals surface area contributed by atoms with Crippen LogP contribution in [0.2, 0.25) is 0 Å². The topological polar surface area (TPSA) is 92.2 Å². The molecule has 1 heterocycles. The minimum absolute atomic E-state index is 0.364. The fourth-order valence-electron chi connectivity index (χ4n) is 2.46. The molecule has 0 aliphatic carbocycles. The molecular weight excluding hydrogens is 344 g/mol. The Morgan fingerprint density at radius 2 is 1.78 bits per heavy atom. The Morgan fingerprint density at radius 1 is 1.04 bits per heavy atom. The molecule has 2 amide bonds. The molecule has 0 saturated carbocycles. The van der Waals surface area contributed by atoms with Crippen molar-refractivity contribution in [2.45, 2.75) is 0 Å². The highest BCUT2D eigenvalue weighted by molar-refractivity contribution is 6.39. The minimum atomic E-state index is -0.703. The summed E-state index contributed by atoms with van der Waals surface area (Å²) in [6.07, 6.45) is 3.02. The van der Waals surface area contributed by atoms with Crippen molar-refractivity contribution in [1.82, 2.24) is 20.1 Å². The second-order valence-corrected chi connectivity index (χ2v) is 5.85. The van der Waals surface area contributed by atoms with E-state index in [1.807, 2.05) is 42.3 Å². The third-order valence-corrected chi connectivity index (χ3v) is 3.94. The van der Waals surface area contributed by atoms with Gasteiger partial charge in [0.25, 0.3) is 0 Å². The number of carbonyl (C=O) groups is 2. The molecule has 0 saturated heterocycles. The van der Waals surface area contributed by atoms with E-state index >= 15 is 0 Å². The number of aromatic nitrogens is 3. The summed E-state index contributed by atoms with van der Waals surface area (Å²) in [6.45, 7) is 0.957. The minimum Gasteiger partial charge on any atom is -0.373 e. The van der Waals surface area contributed by atoms with Crippen molar-refractivity contribution in [1.29, 1.82) is 0 Å². The van der Waals surface area contributed by atoms with E-state index in [0.29, 0.717) is 18.8 Å². The van der Waals surface area contributed by atoms with E-state index in [1.54, 1.807) is 35.3 Å². The lowest BCUT2D eigenvalue weighted by Crippen LogP contribution is -2.39. The number of rotatable bonds is 6. The molecule has 0 aliphatic rings. The van der Waals surface area contributed by atoms with Gasteiger partial charge in [0, 0.05) is 31.5 Å². The fourth-order valence-corrected chi connectivity index (χ4v) is 2.46.